The normalized spacial score (nSPS) is 11.0. The number of halogens is 3. The summed E-state index contributed by atoms with van der Waals surface area (Å²) in [6, 6.07) is 7.69. The van der Waals surface area contributed by atoms with E-state index in [-0.39, 0.29) is 20.9 Å². The van der Waals surface area contributed by atoms with E-state index in [0.717, 1.165) is 10.5 Å². The van der Waals surface area contributed by atoms with Crippen molar-refractivity contribution < 1.29 is 9.90 Å². The molecule has 2 rings (SSSR count). The van der Waals surface area contributed by atoms with Gasteiger partial charge in [-0.2, -0.15) is 5.10 Å². The molecule has 0 aliphatic rings. The Balaban J connectivity index is 2.25. The molecule has 2 aromatic rings. The van der Waals surface area contributed by atoms with E-state index in [2.05, 4.69) is 15.5 Å². The van der Waals surface area contributed by atoms with Crippen molar-refractivity contribution in [1.29, 1.82) is 0 Å². The van der Waals surface area contributed by atoms with Crippen molar-refractivity contribution in [2.45, 2.75) is 4.90 Å². The summed E-state index contributed by atoms with van der Waals surface area (Å²) in [5, 5.41) is 12.7. The van der Waals surface area contributed by atoms with Gasteiger partial charge in [-0.05, 0) is 24.0 Å². The molecule has 0 aliphatic carbocycles. The van der Waals surface area contributed by atoms with Crippen LogP contribution in [-0.4, -0.2) is 28.5 Å². The third-order valence-electron chi connectivity index (χ3n) is 2.75. The van der Waals surface area contributed by atoms with Crippen LogP contribution in [-0.2, 0) is 0 Å². The maximum atomic E-state index is 11.1. The number of nitrogens with zero attached hydrogens (tertiary/aromatic N) is 2. The molecule has 23 heavy (non-hydrogen) atoms. The average Bonchev–Trinajstić information content (AvgIpc) is 2.54. The van der Waals surface area contributed by atoms with Gasteiger partial charge in [0.25, 0.3) is 0 Å². The number of thioether (sulfide) groups is 1. The first-order chi connectivity index (χ1) is 10.9. The highest BCUT2D eigenvalue weighted by Crippen LogP contribution is 2.36. The maximum absolute atomic E-state index is 11.1. The number of aromatic carboxylic acids is 1. The Kier molecular flexibility index (Phi) is 6.12. The molecule has 9 heteroatoms. The van der Waals surface area contributed by atoms with Gasteiger partial charge in [-0.15, -0.1) is 11.8 Å². The molecule has 0 fully saturated rings. The summed E-state index contributed by atoms with van der Waals surface area (Å²) in [5.74, 6) is -1.31. The van der Waals surface area contributed by atoms with Crippen LogP contribution in [0.2, 0.25) is 15.2 Å². The second-order valence-electron chi connectivity index (χ2n) is 4.20. The number of hydrogen-bond acceptors (Lipinski definition) is 5. The number of benzene rings is 1. The topological polar surface area (TPSA) is 74.6 Å². The fourth-order valence-electron chi connectivity index (χ4n) is 1.62. The minimum atomic E-state index is -1.31. The summed E-state index contributed by atoms with van der Waals surface area (Å²) in [5.41, 5.74) is 3.14. The van der Waals surface area contributed by atoms with Gasteiger partial charge in [0.2, 0.25) is 0 Å². The van der Waals surface area contributed by atoms with Crippen molar-refractivity contribution in [2.24, 2.45) is 5.10 Å². The zero-order chi connectivity index (χ0) is 17.0. The number of carboxylic acids is 1. The van der Waals surface area contributed by atoms with Crippen LogP contribution in [0.1, 0.15) is 16.1 Å². The molecule has 0 aliphatic heterocycles. The van der Waals surface area contributed by atoms with Crippen LogP contribution in [0.3, 0.4) is 0 Å². The van der Waals surface area contributed by atoms with E-state index in [0.29, 0.717) is 0 Å². The number of nitrogens with one attached hydrogen (secondary N) is 1. The van der Waals surface area contributed by atoms with Gasteiger partial charge in [0.05, 0.1) is 11.9 Å². The number of rotatable bonds is 5. The second-order valence-corrected chi connectivity index (χ2v) is 6.20. The number of aromatic nitrogens is 1. The Morgan fingerprint density at radius 3 is 2.48 bits per heavy atom. The third-order valence-corrected chi connectivity index (χ3v) is 4.60. The molecular formula is C14H10Cl3N3O2S. The lowest BCUT2D eigenvalue weighted by molar-refractivity contribution is 0.0691. The zero-order valence-corrected chi connectivity index (χ0v) is 14.8. The molecule has 0 unspecified atom stereocenters. The number of hydrazone groups is 1. The summed E-state index contributed by atoms with van der Waals surface area (Å²) in [6.07, 6.45) is 3.54. The Morgan fingerprint density at radius 1 is 1.26 bits per heavy atom. The molecule has 1 aromatic heterocycles. The highest BCUT2D eigenvalue weighted by Gasteiger charge is 2.20. The van der Waals surface area contributed by atoms with Gasteiger partial charge in [0.15, 0.2) is 10.8 Å². The van der Waals surface area contributed by atoms with Crippen molar-refractivity contribution in [2.75, 3.05) is 11.7 Å². The van der Waals surface area contributed by atoms with E-state index < -0.39 is 11.7 Å². The molecule has 0 spiro atoms. The van der Waals surface area contributed by atoms with Gasteiger partial charge in [0.1, 0.15) is 10.0 Å². The van der Waals surface area contributed by atoms with Crippen molar-refractivity contribution in [3.8, 4) is 0 Å². The monoisotopic (exact) mass is 389 g/mol. The number of hydrogen-bond donors (Lipinski definition) is 2. The number of carbonyl (C=O) groups is 1. The molecule has 5 nitrogen and oxygen atoms in total. The average molecular weight is 391 g/mol. The molecular weight excluding hydrogens is 381 g/mol. The van der Waals surface area contributed by atoms with Crippen molar-refractivity contribution in [3.63, 3.8) is 0 Å². The smallest absolute Gasteiger partial charge is 0.356 e. The van der Waals surface area contributed by atoms with Crippen LogP contribution in [0.25, 0.3) is 0 Å². The summed E-state index contributed by atoms with van der Waals surface area (Å²) in [6.45, 7) is 0. The van der Waals surface area contributed by atoms with Crippen LogP contribution in [0, 0.1) is 0 Å². The first-order valence-corrected chi connectivity index (χ1v) is 8.50. The van der Waals surface area contributed by atoms with Gasteiger partial charge in [-0.25, -0.2) is 9.78 Å². The number of pyridine rings is 1. The van der Waals surface area contributed by atoms with E-state index in [1.54, 1.807) is 18.0 Å². The molecule has 0 saturated heterocycles. The Bertz CT molecular complexity index is 767. The minimum Gasteiger partial charge on any atom is -0.476 e. The Morgan fingerprint density at radius 2 is 1.91 bits per heavy atom. The zero-order valence-electron chi connectivity index (χ0n) is 11.7. The molecule has 0 atom stereocenters. The molecule has 0 radical (unpaired) electrons. The van der Waals surface area contributed by atoms with Crippen LogP contribution in [0.4, 0.5) is 5.69 Å². The van der Waals surface area contributed by atoms with Gasteiger partial charge < -0.3 is 5.11 Å². The number of carboxylic acid groups (broad SMARTS) is 1. The number of anilines is 1. The first-order valence-electron chi connectivity index (χ1n) is 6.15. The van der Waals surface area contributed by atoms with Crippen molar-refractivity contribution in [1.82, 2.24) is 4.98 Å². The van der Waals surface area contributed by atoms with Gasteiger partial charge >= 0.3 is 5.97 Å². The predicted octanol–water partition coefficient (Wildman–Crippen LogP) is 4.91. The van der Waals surface area contributed by atoms with E-state index in [1.807, 2.05) is 30.5 Å². The van der Waals surface area contributed by atoms with Gasteiger partial charge in [-0.1, -0.05) is 46.9 Å². The van der Waals surface area contributed by atoms with E-state index in [9.17, 15) is 4.79 Å². The van der Waals surface area contributed by atoms with Crippen molar-refractivity contribution >= 4 is 64.4 Å². The quantitative estimate of drug-likeness (QED) is 0.328. The molecule has 1 aromatic carbocycles. The SMILES string of the molecule is CSc1ccc(C=NNc2c(Cl)c(Cl)nc(C(=O)O)c2Cl)cc1. The predicted molar refractivity (Wildman–Crippen MR) is 95.7 cm³/mol. The fraction of sp³-hybridized carbons (Fsp3) is 0.0714. The largest absolute Gasteiger partial charge is 0.476 e. The summed E-state index contributed by atoms with van der Waals surface area (Å²) in [4.78, 5) is 15.8. The van der Waals surface area contributed by atoms with Gasteiger partial charge in [-0.3, -0.25) is 5.43 Å². The van der Waals surface area contributed by atoms with Gasteiger partial charge in [0, 0.05) is 4.90 Å². The molecule has 1 heterocycles. The molecule has 0 bridgehead atoms. The standard InChI is InChI=1S/C14H10Cl3N3O2S/c1-23-8-4-2-7(3-5-8)6-18-20-11-9(15)12(14(21)22)19-13(17)10(11)16/h2-6H,1H3,(H,19,20)(H,21,22). The van der Waals surface area contributed by atoms with Crippen LogP contribution < -0.4 is 5.43 Å². The van der Waals surface area contributed by atoms with Crippen LogP contribution in [0.5, 0.6) is 0 Å². The van der Waals surface area contributed by atoms with Crippen LogP contribution >= 0.6 is 46.6 Å². The van der Waals surface area contributed by atoms with Crippen molar-refractivity contribution in [3.05, 3.63) is 50.7 Å². The third kappa shape index (κ3) is 4.29. The van der Waals surface area contributed by atoms with E-state index >= 15 is 0 Å². The summed E-state index contributed by atoms with van der Waals surface area (Å²) in [7, 11) is 0. The first kappa shape index (κ1) is 17.9. The van der Waals surface area contributed by atoms with E-state index in [1.165, 1.54) is 0 Å². The Hall–Kier alpha value is -1.47. The fourth-order valence-corrected chi connectivity index (χ4v) is 2.69. The lowest BCUT2D eigenvalue weighted by atomic mass is 10.2. The lowest BCUT2D eigenvalue weighted by Crippen LogP contribution is -2.05. The molecule has 2 N–H and O–H groups in total. The van der Waals surface area contributed by atoms with E-state index in [4.69, 9.17) is 39.9 Å². The highest BCUT2D eigenvalue weighted by atomic mass is 35.5. The molecule has 120 valence electrons. The minimum absolute atomic E-state index is 0.00320. The highest BCUT2D eigenvalue weighted by molar-refractivity contribution is 7.98. The van der Waals surface area contributed by atoms with Crippen LogP contribution in [0.15, 0.2) is 34.3 Å². The second kappa shape index (κ2) is 7.88. The Labute approximate surface area is 151 Å². The lowest BCUT2D eigenvalue weighted by Gasteiger charge is -2.09. The molecule has 0 amide bonds. The maximum Gasteiger partial charge on any atom is 0.356 e. The summed E-state index contributed by atoms with van der Waals surface area (Å²) < 4.78 is 0. The summed E-state index contributed by atoms with van der Waals surface area (Å²) >= 11 is 19.4. The molecule has 0 saturated carbocycles.